The number of H-pyrrole nitrogens is 1. The van der Waals surface area contributed by atoms with Crippen LogP contribution in [-0.2, 0) is 0 Å². The molecule has 1 saturated carbocycles. The summed E-state index contributed by atoms with van der Waals surface area (Å²) in [6.07, 6.45) is 3.97. The molecular formula is C24H18N4O2. The molecule has 4 heterocycles. The van der Waals surface area contributed by atoms with Gasteiger partial charge in [-0.15, -0.1) is 0 Å². The van der Waals surface area contributed by atoms with E-state index in [9.17, 15) is 4.79 Å². The summed E-state index contributed by atoms with van der Waals surface area (Å²) < 4.78 is 5.88. The van der Waals surface area contributed by atoms with E-state index in [2.05, 4.69) is 9.97 Å². The lowest BCUT2D eigenvalue weighted by Crippen LogP contribution is -2.09. The third-order valence-corrected chi connectivity index (χ3v) is 5.55. The van der Waals surface area contributed by atoms with Crippen LogP contribution >= 0.6 is 0 Å². The molecular weight excluding hydrogens is 376 g/mol. The monoisotopic (exact) mass is 394 g/mol. The minimum absolute atomic E-state index is 0.107. The van der Waals surface area contributed by atoms with Crippen molar-refractivity contribution < 1.29 is 4.42 Å². The lowest BCUT2D eigenvalue weighted by molar-refractivity contribution is 0.546. The summed E-state index contributed by atoms with van der Waals surface area (Å²) in [5.74, 6) is 1.84. The van der Waals surface area contributed by atoms with Crippen LogP contribution in [0.25, 0.3) is 44.8 Å². The van der Waals surface area contributed by atoms with Gasteiger partial charge in [0.05, 0.1) is 5.52 Å². The lowest BCUT2D eigenvalue weighted by atomic mass is 10.0. The van der Waals surface area contributed by atoms with E-state index in [4.69, 9.17) is 14.4 Å². The van der Waals surface area contributed by atoms with Gasteiger partial charge in [0.15, 0.2) is 16.9 Å². The Morgan fingerprint density at radius 3 is 2.73 bits per heavy atom. The molecule has 146 valence electrons. The van der Waals surface area contributed by atoms with Crippen LogP contribution in [0, 0.1) is 6.92 Å². The Morgan fingerprint density at radius 2 is 1.93 bits per heavy atom. The van der Waals surface area contributed by atoms with Crippen molar-refractivity contribution in [3.05, 3.63) is 76.4 Å². The van der Waals surface area contributed by atoms with Crippen molar-refractivity contribution in [1.82, 2.24) is 19.9 Å². The van der Waals surface area contributed by atoms with Gasteiger partial charge in [-0.2, -0.15) is 0 Å². The summed E-state index contributed by atoms with van der Waals surface area (Å²) >= 11 is 0. The van der Waals surface area contributed by atoms with Crippen LogP contribution in [0.15, 0.2) is 63.9 Å². The molecule has 30 heavy (non-hydrogen) atoms. The van der Waals surface area contributed by atoms with Crippen molar-refractivity contribution in [1.29, 1.82) is 0 Å². The minimum atomic E-state index is -0.107. The summed E-state index contributed by atoms with van der Waals surface area (Å²) in [5.41, 5.74) is 4.66. The van der Waals surface area contributed by atoms with Crippen molar-refractivity contribution in [2.75, 3.05) is 0 Å². The van der Waals surface area contributed by atoms with Crippen molar-refractivity contribution in [2.45, 2.75) is 25.7 Å². The number of fused-ring (bicyclic) bond motifs is 2. The highest BCUT2D eigenvalue weighted by Gasteiger charge is 2.26. The molecule has 0 unspecified atom stereocenters. The standard InChI is InChI=1S/C24H18N4O2/c1-13-4-9-20(30-13)23-21(16-7-8-17-15(11-16)3-2-10-25-17)27-22-19(29)12-18(14-5-6-14)26-24(22)28-23/h2-4,7-12,14H,5-6H2,1H3,(H,26,28,29). The van der Waals surface area contributed by atoms with Gasteiger partial charge in [-0.3, -0.25) is 9.78 Å². The first-order chi connectivity index (χ1) is 14.7. The number of nitrogens with one attached hydrogen (secondary N) is 1. The fourth-order valence-electron chi connectivity index (χ4n) is 3.85. The molecule has 1 aliphatic carbocycles. The zero-order chi connectivity index (χ0) is 20.2. The normalized spacial score (nSPS) is 13.9. The molecule has 0 spiro atoms. The number of aromatic nitrogens is 4. The first kappa shape index (κ1) is 17.1. The Kier molecular flexibility index (Phi) is 3.62. The molecule has 0 radical (unpaired) electrons. The maximum absolute atomic E-state index is 12.8. The average Bonchev–Trinajstić information content (AvgIpc) is 3.53. The van der Waals surface area contributed by atoms with Gasteiger partial charge in [-0.1, -0.05) is 12.1 Å². The predicted molar refractivity (Wildman–Crippen MR) is 115 cm³/mol. The Bertz CT molecular complexity index is 1490. The maximum Gasteiger partial charge on any atom is 0.209 e. The van der Waals surface area contributed by atoms with Crippen molar-refractivity contribution in [3.63, 3.8) is 0 Å². The Hall–Kier alpha value is -3.80. The SMILES string of the molecule is Cc1ccc(-c2nc3[nH]c(C4CC4)cc(=O)c3nc2-c2ccc3ncccc3c2)o1. The summed E-state index contributed by atoms with van der Waals surface area (Å²) in [6.45, 7) is 1.90. The van der Waals surface area contributed by atoms with Gasteiger partial charge in [-0.25, -0.2) is 9.97 Å². The van der Waals surface area contributed by atoms with Gasteiger partial charge in [0, 0.05) is 28.9 Å². The zero-order valence-corrected chi connectivity index (χ0v) is 16.3. The van der Waals surface area contributed by atoms with Gasteiger partial charge < -0.3 is 9.40 Å². The molecule has 1 fully saturated rings. The molecule has 0 amide bonds. The molecule has 0 saturated heterocycles. The molecule has 1 aliphatic rings. The van der Waals surface area contributed by atoms with Crippen molar-refractivity contribution in [3.8, 4) is 22.7 Å². The van der Waals surface area contributed by atoms with Crippen LogP contribution in [0.4, 0.5) is 0 Å². The Labute approximate surface area is 171 Å². The number of pyridine rings is 2. The van der Waals surface area contributed by atoms with E-state index in [1.807, 2.05) is 49.4 Å². The smallest absolute Gasteiger partial charge is 0.209 e. The second-order valence-corrected chi connectivity index (χ2v) is 7.80. The summed E-state index contributed by atoms with van der Waals surface area (Å²) in [5, 5.41) is 0.997. The molecule has 6 heteroatoms. The molecule has 6 rings (SSSR count). The molecule has 0 atom stereocenters. The van der Waals surface area contributed by atoms with Crippen LogP contribution < -0.4 is 5.43 Å². The van der Waals surface area contributed by atoms with Crippen LogP contribution in [0.2, 0.25) is 0 Å². The highest BCUT2D eigenvalue weighted by molar-refractivity contribution is 5.88. The number of benzene rings is 1. The fraction of sp³-hybridized carbons (Fsp3) is 0.167. The highest BCUT2D eigenvalue weighted by atomic mass is 16.3. The summed E-state index contributed by atoms with van der Waals surface area (Å²) in [4.78, 5) is 30.1. The van der Waals surface area contributed by atoms with Crippen LogP contribution in [-0.4, -0.2) is 19.9 Å². The largest absolute Gasteiger partial charge is 0.460 e. The first-order valence-electron chi connectivity index (χ1n) is 10.0. The van der Waals surface area contributed by atoms with Crippen LogP contribution in [0.5, 0.6) is 0 Å². The number of aromatic amines is 1. The fourth-order valence-corrected chi connectivity index (χ4v) is 3.85. The van der Waals surface area contributed by atoms with E-state index in [0.717, 1.165) is 40.8 Å². The first-order valence-corrected chi connectivity index (χ1v) is 10.0. The van der Waals surface area contributed by atoms with E-state index in [1.54, 1.807) is 12.3 Å². The van der Waals surface area contributed by atoms with Gasteiger partial charge in [0.2, 0.25) is 5.43 Å². The Balaban J connectivity index is 1.64. The zero-order valence-electron chi connectivity index (χ0n) is 16.3. The molecule has 1 aromatic carbocycles. The second kappa shape index (κ2) is 6.35. The summed E-state index contributed by atoms with van der Waals surface area (Å²) in [6, 6.07) is 15.3. The minimum Gasteiger partial charge on any atom is -0.460 e. The van der Waals surface area contributed by atoms with Crippen LogP contribution in [0.1, 0.15) is 30.2 Å². The van der Waals surface area contributed by atoms with Gasteiger partial charge >= 0.3 is 0 Å². The topological polar surface area (TPSA) is 84.7 Å². The molecule has 6 nitrogen and oxygen atoms in total. The third-order valence-electron chi connectivity index (χ3n) is 5.55. The Morgan fingerprint density at radius 1 is 1.03 bits per heavy atom. The third kappa shape index (κ3) is 2.80. The van der Waals surface area contributed by atoms with Gasteiger partial charge in [0.25, 0.3) is 0 Å². The lowest BCUT2D eigenvalue weighted by Gasteiger charge is -2.10. The molecule has 5 aromatic rings. The van der Waals surface area contributed by atoms with E-state index >= 15 is 0 Å². The number of rotatable bonds is 3. The number of hydrogen-bond donors (Lipinski definition) is 1. The van der Waals surface area contributed by atoms with E-state index in [0.29, 0.717) is 34.2 Å². The quantitative estimate of drug-likeness (QED) is 0.466. The molecule has 1 N–H and O–H groups in total. The second-order valence-electron chi connectivity index (χ2n) is 7.80. The number of aryl methyl sites for hydroxylation is 1. The highest BCUT2D eigenvalue weighted by Crippen LogP contribution is 2.39. The summed E-state index contributed by atoms with van der Waals surface area (Å²) in [7, 11) is 0. The van der Waals surface area contributed by atoms with Gasteiger partial charge in [0.1, 0.15) is 17.1 Å². The number of hydrogen-bond acceptors (Lipinski definition) is 5. The van der Waals surface area contributed by atoms with Crippen molar-refractivity contribution >= 4 is 22.1 Å². The molecule has 0 bridgehead atoms. The van der Waals surface area contributed by atoms with Crippen molar-refractivity contribution in [2.24, 2.45) is 0 Å². The van der Waals surface area contributed by atoms with Gasteiger partial charge in [-0.05, 0) is 56.0 Å². The predicted octanol–water partition coefficient (Wildman–Crippen LogP) is 4.98. The maximum atomic E-state index is 12.8. The molecule has 4 aromatic heterocycles. The average molecular weight is 394 g/mol. The number of nitrogens with zero attached hydrogens (tertiary/aromatic N) is 3. The van der Waals surface area contributed by atoms with E-state index < -0.39 is 0 Å². The van der Waals surface area contributed by atoms with E-state index in [1.165, 1.54) is 0 Å². The molecule has 0 aliphatic heterocycles. The van der Waals surface area contributed by atoms with Crippen LogP contribution in [0.3, 0.4) is 0 Å². The van der Waals surface area contributed by atoms with E-state index in [-0.39, 0.29) is 5.43 Å². The number of furan rings is 1.